The zero-order valence-corrected chi connectivity index (χ0v) is 19.4. The Morgan fingerprint density at radius 3 is 2.94 bits per heavy atom. The second kappa shape index (κ2) is 8.01. The Morgan fingerprint density at radius 1 is 1.29 bits per heavy atom. The van der Waals surface area contributed by atoms with Crippen LogP contribution in [0.25, 0.3) is 10.3 Å². The lowest BCUT2D eigenvalue weighted by atomic mass is 10.1. The third-order valence-electron chi connectivity index (χ3n) is 6.41. The molecule has 2 unspecified atom stereocenters. The predicted octanol–water partition coefficient (Wildman–Crippen LogP) is 0.601. The molecule has 3 aliphatic rings. The van der Waals surface area contributed by atoms with Crippen LogP contribution in [0.1, 0.15) is 20.9 Å². The van der Waals surface area contributed by atoms with Gasteiger partial charge in [-0.1, -0.05) is 0 Å². The number of nitrogen functional groups attached to an aromatic ring is 1. The second-order valence-corrected chi connectivity index (χ2v) is 9.82. The summed E-state index contributed by atoms with van der Waals surface area (Å²) in [7, 11) is 0. The molecule has 2 fully saturated rings. The minimum atomic E-state index is -0.758. The van der Waals surface area contributed by atoms with Crippen molar-refractivity contribution in [3.8, 4) is 5.88 Å². The molecule has 0 radical (unpaired) electrons. The Hall–Kier alpha value is -3.06. The van der Waals surface area contributed by atoms with Crippen LogP contribution in [0.3, 0.4) is 0 Å². The van der Waals surface area contributed by atoms with E-state index in [9.17, 15) is 4.79 Å². The number of hydrogen-bond acceptors (Lipinski definition) is 11. The minimum absolute atomic E-state index is 0.205. The van der Waals surface area contributed by atoms with Crippen LogP contribution in [0, 0.1) is 6.92 Å². The van der Waals surface area contributed by atoms with Gasteiger partial charge in [0.05, 0.1) is 43.2 Å². The van der Waals surface area contributed by atoms with Gasteiger partial charge in [0.1, 0.15) is 27.6 Å². The lowest BCUT2D eigenvalue weighted by molar-refractivity contribution is -0.147. The van der Waals surface area contributed by atoms with Crippen LogP contribution >= 0.6 is 11.3 Å². The van der Waals surface area contributed by atoms with Gasteiger partial charge in [-0.2, -0.15) is 4.98 Å². The first-order valence-corrected chi connectivity index (χ1v) is 12.0. The number of carbonyl (C=O) groups is 1. The number of nitrogens with zero attached hydrogens (tertiary/aromatic N) is 4. The van der Waals surface area contributed by atoms with Crippen molar-refractivity contribution in [2.24, 2.45) is 5.73 Å². The first kappa shape index (κ1) is 21.5. The largest absolute Gasteiger partial charge is 0.475 e. The Balaban J connectivity index is 1.15. The lowest BCUT2D eigenvalue weighted by Crippen LogP contribution is -2.47. The van der Waals surface area contributed by atoms with Crippen molar-refractivity contribution in [2.75, 3.05) is 43.5 Å². The highest BCUT2D eigenvalue weighted by Crippen LogP contribution is 2.35. The quantitative estimate of drug-likeness (QED) is 0.483. The SMILES string of the molecule is Cc1cnc2c(N)c(C(=O)NC3COc4nc(N5CC(N)C6(C5)OCCO6)ccc4C3)sc2n1. The summed E-state index contributed by atoms with van der Waals surface area (Å²) in [5, 5.41) is 3.02. The normalized spacial score (nSPS) is 23.3. The van der Waals surface area contributed by atoms with Gasteiger partial charge in [-0.3, -0.25) is 4.79 Å². The molecule has 3 aromatic heterocycles. The third-order valence-corrected chi connectivity index (χ3v) is 7.49. The van der Waals surface area contributed by atoms with E-state index in [2.05, 4.69) is 20.2 Å². The zero-order valence-electron chi connectivity index (χ0n) is 18.6. The molecule has 3 aromatic rings. The number of ether oxygens (including phenoxy) is 3. The van der Waals surface area contributed by atoms with Crippen molar-refractivity contribution in [1.82, 2.24) is 20.3 Å². The second-order valence-electron chi connectivity index (χ2n) is 8.83. The summed E-state index contributed by atoms with van der Waals surface area (Å²) in [6.07, 6.45) is 2.24. The van der Waals surface area contributed by atoms with Crippen molar-refractivity contribution < 1.29 is 19.0 Å². The molecule has 178 valence electrons. The maximum absolute atomic E-state index is 12.9. The first-order chi connectivity index (χ1) is 16.4. The number of fused-ring (bicyclic) bond motifs is 2. The van der Waals surface area contributed by atoms with Crippen LogP contribution in [0.4, 0.5) is 11.5 Å². The average molecular weight is 484 g/mol. The molecule has 0 aromatic carbocycles. The van der Waals surface area contributed by atoms with Crippen LogP contribution in [-0.2, 0) is 15.9 Å². The molecule has 2 atom stereocenters. The monoisotopic (exact) mass is 483 g/mol. The van der Waals surface area contributed by atoms with Crippen LogP contribution in [0.5, 0.6) is 5.88 Å². The van der Waals surface area contributed by atoms with Crippen LogP contribution in [0.15, 0.2) is 18.3 Å². The maximum Gasteiger partial charge on any atom is 0.263 e. The fourth-order valence-electron chi connectivity index (χ4n) is 4.68. The van der Waals surface area contributed by atoms with Gasteiger partial charge in [0.2, 0.25) is 11.7 Å². The molecule has 6 heterocycles. The average Bonchev–Trinajstić information content (AvgIpc) is 3.52. The summed E-state index contributed by atoms with van der Waals surface area (Å²) >= 11 is 1.24. The van der Waals surface area contributed by atoms with Gasteiger partial charge in [-0.15, -0.1) is 11.3 Å². The van der Waals surface area contributed by atoms with Gasteiger partial charge < -0.3 is 35.9 Å². The highest BCUT2D eigenvalue weighted by atomic mass is 32.1. The van der Waals surface area contributed by atoms with E-state index in [-0.39, 0.29) is 18.0 Å². The Bertz CT molecular complexity index is 1280. The van der Waals surface area contributed by atoms with Crippen LogP contribution < -0.4 is 26.4 Å². The minimum Gasteiger partial charge on any atom is -0.475 e. The number of amides is 1. The number of anilines is 2. The molecule has 0 aliphatic carbocycles. The molecule has 11 nitrogen and oxygen atoms in total. The summed E-state index contributed by atoms with van der Waals surface area (Å²) in [4.78, 5) is 29.5. The molecule has 5 N–H and O–H groups in total. The van der Waals surface area contributed by atoms with Crippen molar-refractivity contribution in [1.29, 1.82) is 0 Å². The number of thiophene rings is 1. The van der Waals surface area contributed by atoms with E-state index < -0.39 is 5.79 Å². The number of pyridine rings is 1. The van der Waals surface area contributed by atoms with E-state index >= 15 is 0 Å². The van der Waals surface area contributed by atoms with E-state index in [0.717, 1.165) is 17.1 Å². The molecule has 0 saturated carbocycles. The molecular formula is C22H25N7O4S. The van der Waals surface area contributed by atoms with Crippen molar-refractivity contribution in [3.63, 3.8) is 0 Å². The van der Waals surface area contributed by atoms with Crippen LogP contribution in [-0.4, -0.2) is 71.6 Å². The molecular weight excluding hydrogens is 458 g/mol. The van der Waals surface area contributed by atoms with Crippen molar-refractivity contribution >= 4 is 39.1 Å². The number of aromatic nitrogens is 3. The van der Waals surface area contributed by atoms with Gasteiger partial charge in [0.15, 0.2) is 0 Å². The van der Waals surface area contributed by atoms with E-state index in [1.54, 1.807) is 6.20 Å². The molecule has 0 bridgehead atoms. The van der Waals surface area contributed by atoms with E-state index in [1.165, 1.54) is 11.3 Å². The molecule has 12 heteroatoms. The van der Waals surface area contributed by atoms with Gasteiger partial charge in [0.25, 0.3) is 5.91 Å². The molecule has 6 rings (SSSR count). The Kier molecular flexibility index (Phi) is 5.06. The van der Waals surface area contributed by atoms with Gasteiger partial charge >= 0.3 is 0 Å². The number of aryl methyl sites for hydroxylation is 1. The first-order valence-electron chi connectivity index (χ1n) is 11.2. The highest BCUT2D eigenvalue weighted by Gasteiger charge is 2.50. The number of nitrogens with one attached hydrogen (secondary N) is 1. The topological polar surface area (TPSA) is 151 Å². The van der Waals surface area contributed by atoms with Gasteiger partial charge in [-0.25, -0.2) is 9.97 Å². The van der Waals surface area contributed by atoms with E-state index in [1.807, 2.05) is 19.1 Å². The van der Waals surface area contributed by atoms with E-state index in [0.29, 0.717) is 66.1 Å². The molecule has 2 saturated heterocycles. The Morgan fingerprint density at radius 2 is 2.12 bits per heavy atom. The summed E-state index contributed by atoms with van der Waals surface area (Å²) < 4.78 is 17.5. The fourth-order valence-corrected chi connectivity index (χ4v) is 5.68. The van der Waals surface area contributed by atoms with Gasteiger partial charge in [0, 0.05) is 24.7 Å². The van der Waals surface area contributed by atoms with Crippen LogP contribution in [0.2, 0.25) is 0 Å². The highest BCUT2D eigenvalue weighted by molar-refractivity contribution is 7.21. The number of carbonyl (C=O) groups excluding carboxylic acids is 1. The fraction of sp³-hybridized carbons (Fsp3) is 0.455. The summed E-state index contributed by atoms with van der Waals surface area (Å²) in [5.41, 5.74) is 15.1. The van der Waals surface area contributed by atoms with Crippen molar-refractivity contribution in [3.05, 3.63) is 34.5 Å². The maximum atomic E-state index is 12.9. The van der Waals surface area contributed by atoms with E-state index in [4.69, 9.17) is 30.7 Å². The Labute approximate surface area is 199 Å². The lowest BCUT2D eigenvalue weighted by Gasteiger charge is -2.27. The summed E-state index contributed by atoms with van der Waals surface area (Å²) in [6, 6.07) is 3.47. The summed E-state index contributed by atoms with van der Waals surface area (Å²) in [6.45, 7) is 4.38. The standard InChI is InChI=1S/C22H25N7O4S/c1-11-7-25-17-16(24)18(34-21(17)26-11)19(30)27-13-6-12-2-3-15(28-20(12)31-9-13)29-8-14(23)22(10-29)32-4-5-33-22/h2-3,7,13-14H,4-6,8-10,23-24H2,1H3,(H,27,30). The zero-order chi connectivity index (χ0) is 23.4. The molecule has 1 spiro atoms. The molecule has 3 aliphatic heterocycles. The third kappa shape index (κ3) is 3.54. The number of hydrogen-bond donors (Lipinski definition) is 3. The predicted molar refractivity (Wildman–Crippen MR) is 126 cm³/mol. The van der Waals surface area contributed by atoms with Gasteiger partial charge in [-0.05, 0) is 19.1 Å². The molecule has 1 amide bonds. The van der Waals surface area contributed by atoms with Crippen molar-refractivity contribution in [2.45, 2.75) is 31.2 Å². The summed E-state index contributed by atoms with van der Waals surface area (Å²) in [5.74, 6) is 0.318. The number of nitrogens with two attached hydrogens (primary N) is 2. The number of rotatable bonds is 3. The molecule has 34 heavy (non-hydrogen) atoms. The smallest absolute Gasteiger partial charge is 0.263 e.